The van der Waals surface area contributed by atoms with Crippen molar-refractivity contribution < 1.29 is 0 Å². The number of likely N-dealkylation sites (tertiary alicyclic amines) is 1. The summed E-state index contributed by atoms with van der Waals surface area (Å²) in [5.74, 6) is 0. The topological polar surface area (TPSA) is 16.1 Å². The molecule has 2 rings (SSSR count). The molecule has 1 aliphatic heterocycles. The summed E-state index contributed by atoms with van der Waals surface area (Å²) < 4.78 is 0. The molecule has 0 bridgehead atoms. The maximum absolute atomic E-state index is 4.34. The van der Waals surface area contributed by atoms with Crippen LogP contribution in [0.5, 0.6) is 0 Å². The number of hydrogen-bond acceptors (Lipinski definition) is 3. The van der Waals surface area contributed by atoms with Gasteiger partial charge < -0.3 is 0 Å². The van der Waals surface area contributed by atoms with E-state index in [4.69, 9.17) is 0 Å². The molecule has 78 valence electrons. The van der Waals surface area contributed by atoms with Crippen LogP contribution >= 0.6 is 27.3 Å². The van der Waals surface area contributed by atoms with Crippen LogP contribution in [0, 0.1) is 0 Å². The molecule has 0 saturated carbocycles. The van der Waals surface area contributed by atoms with E-state index in [1.807, 2.05) is 6.20 Å². The second-order valence-corrected chi connectivity index (χ2v) is 5.33. The fraction of sp³-hybridized carbons (Fsp3) is 0.700. The summed E-state index contributed by atoms with van der Waals surface area (Å²) in [5, 5.41) is 4.40. The van der Waals surface area contributed by atoms with Crippen molar-refractivity contribution in [1.82, 2.24) is 9.88 Å². The predicted molar refractivity (Wildman–Crippen MR) is 64.0 cm³/mol. The second kappa shape index (κ2) is 5.24. The Morgan fingerprint density at radius 2 is 2.50 bits per heavy atom. The van der Waals surface area contributed by atoms with Crippen molar-refractivity contribution in [3.8, 4) is 0 Å². The third-order valence-electron chi connectivity index (χ3n) is 2.75. The molecular weight excluding hydrogens is 260 g/mol. The smallest absolute Gasteiger partial charge is 0.107 e. The first kappa shape index (κ1) is 10.6. The van der Waals surface area contributed by atoms with Crippen LogP contribution < -0.4 is 0 Å². The van der Waals surface area contributed by atoms with Gasteiger partial charge in [-0.1, -0.05) is 22.4 Å². The lowest BCUT2D eigenvalue weighted by atomic mass is 10.0. The normalized spacial score (nSPS) is 23.9. The molecule has 0 aliphatic carbocycles. The number of hydrogen-bond donors (Lipinski definition) is 0. The highest BCUT2D eigenvalue weighted by Crippen LogP contribution is 2.21. The molecular formula is C10H15BrN2S. The third-order valence-corrected chi connectivity index (χ3v) is 4.26. The Kier molecular flexibility index (Phi) is 3.96. The standard InChI is InChI=1S/C10H15BrN2S/c11-7-9-3-1-2-5-13(9)8-10-12-4-6-14-10/h4,6,9H,1-3,5,7-8H2. The van der Waals surface area contributed by atoms with E-state index in [9.17, 15) is 0 Å². The fourth-order valence-electron chi connectivity index (χ4n) is 1.95. The highest BCUT2D eigenvalue weighted by molar-refractivity contribution is 9.09. The van der Waals surface area contributed by atoms with Gasteiger partial charge >= 0.3 is 0 Å². The van der Waals surface area contributed by atoms with Gasteiger partial charge in [0.25, 0.3) is 0 Å². The molecule has 1 aromatic heterocycles. The van der Waals surface area contributed by atoms with Gasteiger partial charge in [-0.2, -0.15) is 0 Å². The van der Waals surface area contributed by atoms with E-state index in [2.05, 4.69) is 31.2 Å². The number of alkyl halides is 1. The quantitative estimate of drug-likeness (QED) is 0.788. The van der Waals surface area contributed by atoms with E-state index in [1.165, 1.54) is 30.8 Å². The van der Waals surface area contributed by atoms with Crippen LogP contribution in [0.1, 0.15) is 24.3 Å². The number of nitrogens with zero attached hydrogens (tertiary/aromatic N) is 2. The zero-order valence-corrected chi connectivity index (χ0v) is 10.6. The van der Waals surface area contributed by atoms with Crippen molar-refractivity contribution in [2.75, 3.05) is 11.9 Å². The summed E-state index contributed by atoms with van der Waals surface area (Å²) in [7, 11) is 0. The SMILES string of the molecule is BrCC1CCCCN1Cc1nccs1. The molecule has 4 heteroatoms. The summed E-state index contributed by atoms with van der Waals surface area (Å²) in [6, 6.07) is 0.715. The van der Waals surface area contributed by atoms with E-state index in [0.29, 0.717) is 6.04 Å². The molecule has 1 saturated heterocycles. The Morgan fingerprint density at radius 3 is 3.21 bits per heavy atom. The summed E-state index contributed by atoms with van der Waals surface area (Å²) in [5.41, 5.74) is 0. The minimum Gasteiger partial charge on any atom is -0.293 e. The molecule has 1 aliphatic rings. The van der Waals surface area contributed by atoms with Crippen molar-refractivity contribution in [3.63, 3.8) is 0 Å². The highest BCUT2D eigenvalue weighted by atomic mass is 79.9. The van der Waals surface area contributed by atoms with Crippen LogP contribution in [0.4, 0.5) is 0 Å². The first-order valence-electron chi connectivity index (χ1n) is 5.08. The number of thiazole rings is 1. The van der Waals surface area contributed by atoms with Gasteiger partial charge in [0.15, 0.2) is 0 Å². The predicted octanol–water partition coefficient (Wildman–Crippen LogP) is 2.89. The van der Waals surface area contributed by atoms with Crippen molar-refractivity contribution in [2.24, 2.45) is 0 Å². The molecule has 0 amide bonds. The maximum atomic E-state index is 4.34. The lowest BCUT2D eigenvalue weighted by molar-refractivity contribution is 0.156. The van der Waals surface area contributed by atoms with Gasteiger partial charge in [-0.05, 0) is 19.4 Å². The molecule has 0 radical (unpaired) electrons. The lowest BCUT2D eigenvalue weighted by Gasteiger charge is -2.33. The minimum absolute atomic E-state index is 0.715. The number of aromatic nitrogens is 1. The van der Waals surface area contributed by atoms with Crippen LogP contribution in [0.3, 0.4) is 0 Å². The molecule has 0 spiro atoms. The molecule has 14 heavy (non-hydrogen) atoms. The van der Waals surface area contributed by atoms with Crippen LogP contribution in [0.15, 0.2) is 11.6 Å². The van der Waals surface area contributed by atoms with Gasteiger partial charge in [0.2, 0.25) is 0 Å². The number of piperidine rings is 1. The molecule has 0 aromatic carbocycles. The zero-order chi connectivity index (χ0) is 9.80. The summed E-state index contributed by atoms with van der Waals surface area (Å²) in [6.07, 6.45) is 5.95. The zero-order valence-electron chi connectivity index (χ0n) is 8.16. The minimum atomic E-state index is 0.715. The Balaban J connectivity index is 1.94. The second-order valence-electron chi connectivity index (χ2n) is 3.70. The maximum Gasteiger partial charge on any atom is 0.107 e. The summed E-state index contributed by atoms with van der Waals surface area (Å²) >= 11 is 5.36. The molecule has 2 heterocycles. The van der Waals surface area contributed by atoms with Crippen molar-refractivity contribution >= 4 is 27.3 Å². The largest absolute Gasteiger partial charge is 0.293 e. The molecule has 1 fully saturated rings. The molecule has 0 N–H and O–H groups in total. The van der Waals surface area contributed by atoms with Crippen molar-refractivity contribution in [2.45, 2.75) is 31.8 Å². The third kappa shape index (κ3) is 2.55. The van der Waals surface area contributed by atoms with Crippen molar-refractivity contribution in [1.29, 1.82) is 0 Å². The molecule has 1 atom stereocenters. The van der Waals surface area contributed by atoms with Gasteiger partial charge in [0.05, 0.1) is 6.54 Å². The number of halogens is 1. The van der Waals surface area contributed by atoms with Crippen molar-refractivity contribution in [3.05, 3.63) is 16.6 Å². The average Bonchev–Trinajstić information content (AvgIpc) is 2.71. The average molecular weight is 275 g/mol. The van der Waals surface area contributed by atoms with E-state index < -0.39 is 0 Å². The molecule has 2 nitrogen and oxygen atoms in total. The monoisotopic (exact) mass is 274 g/mol. The van der Waals surface area contributed by atoms with E-state index in [-0.39, 0.29) is 0 Å². The van der Waals surface area contributed by atoms with E-state index >= 15 is 0 Å². The highest BCUT2D eigenvalue weighted by Gasteiger charge is 2.21. The Bertz CT molecular complexity index is 263. The first-order chi connectivity index (χ1) is 6.90. The summed E-state index contributed by atoms with van der Waals surface area (Å²) in [6.45, 7) is 2.27. The van der Waals surface area contributed by atoms with Gasteiger partial charge in [-0.15, -0.1) is 11.3 Å². The van der Waals surface area contributed by atoms with Gasteiger partial charge in [-0.25, -0.2) is 4.98 Å². The van der Waals surface area contributed by atoms with Crippen LogP contribution in [0.2, 0.25) is 0 Å². The van der Waals surface area contributed by atoms with Crippen LogP contribution in [-0.4, -0.2) is 27.8 Å². The van der Waals surface area contributed by atoms with E-state index in [0.717, 1.165) is 11.9 Å². The Labute approximate surface area is 97.5 Å². The van der Waals surface area contributed by atoms with Gasteiger partial charge in [0, 0.05) is 22.9 Å². The Morgan fingerprint density at radius 1 is 1.57 bits per heavy atom. The Hall–Kier alpha value is 0.0700. The number of rotatable bonds is 3. The molecule has 1 aromatic rings. The summed E-state index contributed by atoms with van der Waals surface area (Å²) in [4.78, 5) is 6.89. The molecule has 1 unspecified atom stereocenters. The fourth-order valence-corrected chi connectivity index (χ4v) is 3.32. The first-order valence-corrected chi connectivity index (χ1v) is 7.08. The van der Waals surface area contributed by atoms with Gasteiger partial charge in [0.1, 0.15) is 5.01 Å². The lowest BCUT2D eigenvalue weighted by Crippen LogP contribution is -2.39. The van der Waals surface area contributed by atoms with Crippen LogP contribution in [-0.2, 0) is 6.54 Å². The van der Waals surface area contributed by atoms with Crippen LogP contribution in [0.25, 0.3) is 0 Å². The van der Waals surface area contributed by atoms with Gasteiger partial charge in [-0.3, -0.25) is 4.90 Å². The van der Waals surface area contributed by atoms with E-state index in [1.54, 1.807) is 11.3 Å².